The van der Waals surface area contributed by atoms with E-state index in [4.69, 9.17) is 4.74 Å². The number of nitrogens with zero attached hydrogens (tertiary/aromatic N) is 2. The second-order valence-electron chi connectivity index (χ2n) is 6.69. The maximum absolute atomic E-state index is 12.1. The summed E-state index contributed by atoms with van der Waals surface area (Å²) in [5, 5.41) is 6.48. The Morgan fingerprint density at radius 2 is 1.76 bits per heavy atom. The van der Waals surface area contributed by atoms with Crippen LogP contribution in [-0.4, -0.2) is 45.3 Å². The van der Waals surface area contributed by atoms with E-state index in [-0.39, 0.29) is 12.5 Å². The molecule has 0 fully saturated rings. The zero-order valence-corrected chi connectivity index (χ0v) is 17.1. The van der Waals surface area contributed by atoms with E-state index in [0.717, 1.165) is 29.8 Å². The Hall–Kier alpha value is -3.35. The Kier molecular flexibility index (Phi) is 8.69. The van der Waals surface area contributed by atoms with Crippen molar-refractivity contribution >= 4 is 23.7 Å². The second-order valence-corrected chi connectivity index (χ2v) is 6.69. The van der Waals surface area contributed by atoms with Gasteiger partial charge in [-0.25, -0.2) is 5.43 Å². The van der Waals surface area contributed by atoms with Crippen molar-refractivity contribution in [1.29, 1.82) is 0 Å². The number of carbonyl (C=O) groups is 2. The zero-order valence-electron chi connectivity index (χ0n) is 17.1. The number of carbonyl (C=O) groups excluding carboxylic acids is 2. The van der Waals surface area contributed by atoms with Gasteiger partial charge in [0.15, 0.2) is 0 Å². The summed E-state index contributed by atoms with van der Waals surface area (Å²) in [6.07, 6.45) is 3.60. The van der Waals surface area contributed by atoms with Gasteiger partial charge in [0.2, 0.25) is 0 Å². The maximum Gasteiger partial charge on any atom is 0.259 e. The molecular weight excluding hydrogens is 368 g/mol. The van der Waals surface area contributed by atoms with Crippen LogP contribution in [0.1, 0.15) is 35.7 Å². The molecule has 2 aromatic rings. The molecule has 2 amide bonds. The van der Waals surface area contributed by atoms with Crippen LogP contribution >= 0.6 is 0 Å². The Labute approximate surface area is 171 Å². The topological polar surface area (TPSA) is 83.0 Å². The van der Waals surface area contributed by atoms with Crippen LogP contribution in [0.4, 0.5) is 5.69 Å². The first-order valence-electron chi connectivity index (χ1n) is 9.60. The Morgan fingerprint density at radius 1 is 1.07 bits per heavy atom. The van der Waals surface area contributed by atoms with E-state index in [2.05, 4.69) is 22.8 Å². The van der Waals surface area contributed by atoms with Crippen molar-refractivity contribution in [2.45, 2.75) is 19.8 Å². The molecule has 7 nitrogen and oxygen atoms in total. The average molecular weight is 396 g/mol. The van der Waals surface area contributed by atoms with Crippen molar-refractivity contribution in [3.63, 3.8) is 0 Å². The monoisotopic (exact) mass is 396 g/mol. The SMILES string of the molecule is CCCCOc1ccc(C(=O)NCC(=O)N/N=C\c2ccc(N(C)C)cc2)cc1. The van der Waals surface area contributed by atoms with E-state index in [1.54, 1.807) is 30.5 Å². The standard InChI is InChI=1S/C22H28N4O3/c1-4-5-14-29-20-12-8-18(9-13-20)22(28)23-16-21(27)25-24-15-17-6-10-19(11-7-17)26(2)3/h6-13,15H,4-5,14,16H2,1-3H3,(H,23,28)(H,25,27)/b24-15-. The molecule has 0 spiro atoms. The summed E-state index contributed by atoms with van der Waals surface area (Å²) >= 11 is 0. The molecule has 0 aromatic heterocycles. The number of ether oxygens (including phenoxy) is 1. The minimum Gasteiger partial charge on any atom is -0.494 e. The quantitative estimate of drug-likeness (QED) is 0.368. The third kappa shape index (κ3) is 7.65. The van der Waals surface area contributed by atoms with E-state index < -0.39 is 5.91 Å². The van der Waals surface area contributed by atoms with Crippen LogP contribution in [0.15, 0.2) is 53.6 Å². The van der Waals surface area contributed by atoms with Gasteiger partial charge in [0.05, 0.1) is 19.4 Å². The lowest BCUT2D eigenvalue weighted by Gasteiger charge is -2.11. The summed E-state index contributed by atoms with van der Waals surface area (Å²) in [4.78, 5) is 26.0. The Morgan fingerprint density at radius 3 is 2.38 bits per heavy atom. The van der Waals surface area contributed by atoms with E-state index in [0.29, 0.717) is 12.2 Å². The normalized spacial score (nSPS) is 10.6. The third-order valence-electron chi connectivity index (χ3n) is 4.10. The Balaban J connectivity index is 1.74. The molecule has 2 N–H and O–H groups in total. The molecule has 7 heteroatoms. The summed E-state index contributed by atoms with van der Waals surface area (Å²) in [6, 6.07) is 14.6. The van der Waals surface area contributed by atoms with Crippen molar-refractivity contribution in [2.75, 3.05) is 32.1 Å². The number of hydrogen-bond acceptors (Lipinski definition) is 5. The van der Waals surface area contributed by atoms with Gasteiger partial charge in [0.1, 0.15) is 5.75 Å². The van der Waals surface area contributed by atoms with Gasteiger partial charge < -0.3 is 15.0 Å². The first-order valence-corrected chi connectivity index (χ1v) is 9.60. The molecule has 0 saturated heterocycles. The fourth-order valence-electron chi connectivity index (χ4n) is 2.38. The van der Waals surface area contributed by atoms with Gasteiger partial charge in [-0.15, -0.1) is 0 Å². The highest BCUT2D eigenvalue weighted by atomic mass is 16.5. The molecule has 0 unspecified atom stereocenters. The van der Waals surface area contributed by atoms with E-state index in [1.165, 1.54) is 0 Å². The first-order chi connectivity index (χ1) is 14.0. The molecule has 0 aliphatic carbocycles. The molecule has 29 heavy (non-hydrogen) atoms. The minimum atomic E-state index is -0.404. The van der Waals surface area contributed by atoms with Gasteiger partial charge in [0.25, 0.3) is 11.8 Å². The van der Waals surface area contributed by atoms with Crippen LogP contribution in [-0.2, 0) is 4.79 Å². The van der Waals surface area contributed by atoms with E-state index >= 15 is 0 Å². The van der Waals surface area contributed by atoms with Crippen molar-refractivity contribution in [2.24, 2.45) is 5.10 Å². The first kappa shape index (κ1) is 21.9. The van der Waals surface area contributed by atoms with Gasteiger partial charge in [-0.2, -0.15) is 5.10 Å². The average Bonchev–Trinajstić information content (AvgIpc) is 2.73. The molecule has 0 aliphatic rings. The number of unbranched alkanes of at least 4 members (excludes halogenated alkanes) is 1. The van der Waals surface area contributed by atoms with Crippen molar-refractivity contribution in [3.05, 3.63) is 59.7 Å². The molecular formula is C22H28N4O3. The number of amides is 2. The number of hydrazone groups is 1. The van der Waals surface area contributed by atoms with Crippen LogP contribution in [0.5, 0.6) is 5.75 Å². The summed E-state index contributed by atoms with van der Waals surface area (Å²) in [6.45, 7) is 2.59. The van der Waals surface area contributed by atoms with Gasteiger partial charge >= 0.3 is 0 Å². The molecule has 154 valence electrons. The number of rotatable bonds is 10. The molecule has 0 heterocycles. The van der Waals surface area contributed by atoms with E-state index in [9.17, 15) is 9.59 Å². The van der Waals surface area contributed by atoms with E-state index in [1.807, 2.05) is 43.3 Å². The van der Waals surface area contributed by atoms with Crippen LogP contribution in [0.25, 0.3) is 0 Å². The lowest BCUT2D eigenvalue weighted by Crippen LogP contribution is -2.34. The highest BCUT2D eigenvalue weighted by Crippen LogP contribution is 2.13. The largest absolute Gasteiger partial charge is 0.494 e. The smallest absolute Gasteiger partial charge is 0.259 e. The van der Waals surface area contributed by atoms with Crippen LogP contribution in [0, 0.1) is 0 Å². The van der Waals surface area contributed by atoms with Crippen LogP contribution < -0.4 is 20.4 Å². The number of anilines is 1. The highest BCUT2D eigenvalue weighted by Gasteiger charge is 2.08. The molecule has 0 radical (unpaired) electrons. The lowest BCUT2D eigenvalue weighted by atomic mass is 10.2. The molecule has 2 aromatic carbocycles. The molecule has 0 bridgehead atoms. The highest BCUT2D eigenvalue weighted by molar-refractivity contribution is 5.96. The van der Waals surface area contributed by atoms with Gasteiger partial charge in [-0.3, -0.25) is 9.59 Å². The summed E-state index contributed by atoms with van der Waals surface area (Å²) < 4.78 is 5.56. The number of benzene rings is 2. The van der Waals surface area contributed by atoms with Crippen LogP contribution in [0.3, 0.4) is 0 Å². The fourth-order valence-corrected chi connectivity index (χ4v) is 2.38. The molecule has 2 rings (SSSR count). The number of hydrogen-bond donors (Lipinski definition) is 2. The van der Waals surface area contributed by atoms with Gasteiger partial charge in [0, 0.05) is 25.3 Å². The summed E-state index contributed by atoms with van der Waals surface area (Å²) in [7, 11) is 3.93. The predicted molar refractivity (Wildman–Crippen MR) is 116 cm³/mol. The number of nitrogens with one attached hydrogen (secondary N) is 2. The lowest BCUT2D eigenvalue weighted by molar-refractivity contribution is -0.120. The van der Waals surface area contributed by atoms with Crippen molar-refractivity contribution in [3.8, 4) is 5.75 Å². The van der Waals surface area contributed by atoms with Gasteiger partial charge in [-0.1, -0.05) is 25.5 Å². The minimum absolute atomic E-state index is 0.162. The summed E-state index contributed by atoms with van der Waals surface area (Å²) in [5.41, 5.74) is 4.80. The second kappa shape index (κ2) is 11.5. The summed E-state index contributed by atoms with van der Waals surface area (Å²) in [5.74, 6) is -0.0109. The van der Waals surface area contributed by atoms with Crippen molar-refractivity contribution in [1.82, 2.24) is 10.7 Å². The maximum atomic E-state index is 12.1. The van der Waals surface area contributed by atoms with Crippen LogP contribution in [0.2, 0.25) is 0 Å². The molecule has 0 aliphatic heterocycles. The third-order valence-corrected chi connectivity index (χ3v) is 4.10. The predicted octanol–water partition coefficient (Wildman–Crippen LogP) is 2.81. The van der Waals surface area contributed by atoms with Crippen molar-refractivity contribution < 1.29 is 14.3 Å². The molecule has 0 atom stereocenters. The molecule has 0 saturated carbocycles. The van der Waals surface area contributed by atoms with Gasteiger partial charge in [-0.05, 0) is 48.4 Å². The zero-order chi connectivity index (χ0) is 21.1. The fraction of sp³-hybridized carbons (Fsp3) is 0.318. The Bertz CT molecular complexity index is 815.